The van der Waals surface area contributed by atoms with E-state index >= 15 is 0 Å². The molecular formula is C29H36N6O5S. The van der Waals surface area contributed by atoms with Gasteiger partial charge in [-0.1, -0.05) is 0 Å². The molecule has 2 aliphatic heterocycles. The monoisotopic (exact) mass is 580 g/mol. The number of fused-ring (bicyclic) bond motifs is 1. The van der Waals surface area contributed by atoms with Gasteiger partial charge in [0.15, 0.2) is 0 Å². The Morgan fingerprint density at radius 3 is 2.39 bits per heavy atom. The summed E-state index contributed by atoms with van der Waals surface area (Å²) in [6.07, 6.45) is 1.89. The van der Waals surface area contributed by atoms with Gasteiger partial charge in [0.05, 0.1) is 23.4 Å². The lowest BCUT2D eigenvalue weighted by Crippen LogP contribution is -2.48. The highest BCUT2D eigenvalue weighted by Crippen LogP contribution is 2.35. The van der Waals surface area contributed by atoms with Crippen LogP contribution in [0.1, 0.15) is 36.7 Å². The van der Waals surface area contributed by atoms with Crippen molar-refractivity contribution in [2.24, 2.45) is 5.73 Å². The molecule has 0 saturated carbocycles. The number of nitrogens with zero attached hydrogens (tertiary/aromatic N) is 5. The zero-order valence-electron chi connectivity index (χ0n) is 23.8. The number of anilines is 2. The SMILES string of the molecule is COc1cc(N(CC(=O)N2CCC(N)CC2)S(=O)(=O)c2ccc3c(c2)CCN3C(C)=O)ccc1-n1nc(C)cc1C. The number of likely N-dealkylation sites (tertiary alicyclic amines) is 1. The smallest absolute Gasteiger partial charge is 0.264 e. The Kier molecular flexibility index (Phi) is 7.80. The maximum atomic E-state index is 14.2. The molecule has 11 nitrogen and oxygen atoms in total. The number of carbonyl (C=O) groups is 2. The zero-order valence-corrected chi connectivity index (χ0v) is 24.6. The lowest BCUT2D eigenvalue weighted by Gasteiger charge is -2.33. The molecular weight excluding hydrogens is 544 g/mol. The van der Waals surface area contributed by atoms with Crippen molar-refractivity contribution in [2.45, 2.75) is 51.0 Å². The Balaban J connectivity index is 1.55. The largest absolute Gasteiger partial charge is 0.494 e. The molecule has 1 fully saturated rings. The molecule has 0 aliphatic carbocycles. The minimum atomic E-state index is -4.18. The molecule has 1 saturated heterocycles. The Bertz CT molecular complexity index is 1590. The highest BCUT2D eigenvalue weighted by molar-refractivity contribution is 7.92. The zero-order chi connectivity index (χ0) is 29.5. The predicted octanol–water partition coefficient (Wildman–Crippen LogP) is 2.55. The second-order valence-electron chi connectivity index (χ2n) is 10.6. The molecule has 218 valence electrons. The van der Waals surface area contributed by atoms with Crippen LogP contribution in [0.25, 0.3) is 5.69 Å². The molecule has 0 atom stereocenters. The highest BCUT2D eigenvalue weighted by Gasteiger charge is 2.32. The summed E-state index contributed by atoms with van der Waals surface area (Å²) >= 11 is 0. The van der Waals surface area contributed by atoms with Crippen molar-refractivity contribution in [1.82, 2.24) is 14.7 Å². The van der Waals surface area contributed by atoms with Crippen LogP contribution in [0.5, 0.6) is 5.75 Å². The van der Waals surface area contributed by atoms with Crippen LogP contribution in [0.4, 0.5) is 11.4 Å². The molecule has 2 amide bonds. The lowest BCUT2D eigenvalue weighted by atomic mass is 10.1. The van der Waals surface area contributed by atoms with Crippen molar-refractivity contribution in [3.63, 3.8) is 0 Å². The van der Waals surface area contributed by atoms with E-state index in [0.29, 0.717) is 61.7 Å². The summed E-state index contributed by atoms with van der Waals surface area (Å²) in [4.78, 5) is 28.8. The predicted molar refractivity (Wildman–Crippen MR) is 156 cm³/mol. The van der Waals surface area contributed by atoms with Crippen LogP contribution >= 0.6 is 0 Å². The van der Waals surface area contributed by atoms with Gasteiger partial charge in [-0.05, 0) is 75.1 Å². The van der Waals surface area contributed by atoms with E-state index in [0.717, 1.165) is 21.3 Å². The number of rotatable bonds is 7. The summed E-state index contributed by atoms with van der Waals surface area (Å²) in [5, 5.41) is 4.53. The van der Waals surface area contributed by atoms with Gasteiger partial charge in [-0.3, -0.25) is 13.9 Å². The van der Waals surface area contributed by atoms with Crippen LogP contribution in [0.3, 0.4) is 0 Å². The Labute approximate surface area is 240 Å². The molecule has 2 aliphatic rings. The number of aromatic nitrogens is 2. The van der Waals surface area contributed by atoms with Crippen molar-refractivity contribution in [3.8, 4) is 11.4 Å². The maximum Gasteiger partial charge on any atom is 0.264 e. The van der Waals surface area contributed by atoms with E-state index < -0.39 is 10.0 Å². The number of nitrogens with two attached hydrogens (primary N) is 1. The Hall–Kier alpha value is -3.90. The van der Waals surface area contributed by atoms with Gasteiger partial charge in [0, 0.05) is 50.0 Å². The molecule has 0 unspecified atom stereocenters. The number of methoxy groups -OCH3 is 1. The molecule has 0 radical (unpaired) electrons. The van der Waals surface area contributed by atoms with Gasteiger partial charge in [0.1, 0.15) is 18.0 Å². The second-order valence-corrected chi connectivity index (χ2v) is 12.5. The molecule has 3 aromatic rings. The molecule has 1 aromatic heterocycles. The van der Waals surface area contributed by atoms with Crippen LogP contribution in [0.15, 0.2) is 47.4 Å². The van der Waals surface area contributed by atoms with Gasteiger partial charge >= 0.3 is 0 Å². The second kappa shape index (κ2) is 11.2. The van der Waals surface area contributed by atoms with Crippen molar-refractivity contribution in [3.05, 3.63) is 59.4 Å². The number of piperidine rings is 1. The number of carbonyl (C=O) groups excluding carboxylic acids is 2. The van der Waals surface area contributed by atoms with E-state index in [-0.39, 0.29) is 29.3 Å². The van der Waals surface area contributed by atoms with E-state index in [1.807, 2.05) is 19.9 Å². The van der Waals surface area contributed by atoms with Gasteiger partial charge < -0.3 is 20.3 Å². The summed E-state index contributed by atoms with van der Waals surface area (Å²) in [6.45, 7) is 6.39. The van der Waals surface area contributed by atoms with Crippen LogP contribution in [-0.2, 0) is 26.0 Å². The maximum absolute atomic E-state index is 14.2. The van der Waals surface area contributed by atoms with Crippen molar-refractivity contribution in [2.75, 3.05) is 42.5 Å². The molecule has 41 heavy (non-hydrogen) atoms. The molecule has 2 aromatic carbocycles. The summed E-state index contributed by atoms with van der Waals surface area (Å²) in [5.41, 5.74) is 10.2. The van der Waals surface area contributed by atoms with Gasteiger partial charge in [-0.25, -0.2) is 13.1 Å². The first-order chi connectivity index (χ1) is 19.5. The van der Waals surface area contributed by atoms with Gasteiger partial charge in [-0.15, -0.1) is 0 Å². The fourth-order valence-electron chi connectivity index (χ4n) is 5.55. The van der Waals surface area contributed by atoms with E-state index in [1.165, 1.54) is 20.1 Å². The highest BCUT2D eigenvalue weighted by atomic mass is 32.2. The number of sulfonamides is 1. The third-order valence-corrected chi connectivity index (χ3v) is 9.54. The van der Waals surface area contributed by atoms with E-state index in [2.05, 4.69) is 5.10 Å². The molecule has 0 spiro atoms. The number of aryl methyl sites for hydroxylation is 2. The van der Waals surface area contributed by atoms with E-state index in [1.54, 1.807) is 44.8 Å². The van der Waals surface area contributed by atoms with E-state index in [4.69, 9.17) is 10.5 Å². The van der Waals surface area contributed by atoms with Crippen LogP contribution in [0, 0.1) is 13.8 Å². The third kappa shape index (κ3) is 5.53. The minimum absolute atomic E-state index is 0.0334. The summed E-state index contributed by atoms with van der Waals surface area (Å²) in [7, 11) is -2.67. The number of hydrogen-bond donors (Lipinski definition) is 1. The van der Waals surface area contributed by atoms with Crippen molar-refractivity contribution < 1.29 is 22.7 Å². The number of ether oxygens (including phenoxy) is 1. The molecule has 3 heterocycles. The van der Waals surface area contributed by atoms with Gasteiger partial charge in [0.25, 0.3) is 10.0 Å². The standard InChI is InChI=1S/C29H36N6O5S/c1-19-15-20(2)35(31-19)27-7-5-24(17-28(27)40-4)34(18-29(37)32-12-10-23(30)11-13-32)41(38,39)25-6-8-26-22(16-25)9-14-33(26)21(3)36/h5-8,15-17,23H,9-14,18,30H2,1-4H3. The summed E-state index contributed by atoms with van der Waals surface area (Å²) in [5.74, 6) is 0.0185. The summed E-state index contributed by atoms with van der Waals surface area (Å²) < 4.78 is 37.0. The van der Waals surface area contributed by atoms with Gasteiger partial charge in [0.2, 0.25) is 11.8 Å². The number of benzene rings is 2. The summed E-state index contributed by atoms with van der Waals surface area (Å²) in [6, 6.07) is 11.8. The first kappa shape index (κ1) is 28.6. The molecule has 0 bridgehead atoms. The Morgan fingerprint density at radius 2 is 1.76 bits per heavy atom. The van der Waals surface area contributed by atoms with E-state index in [9.17, 15) is 18.0 Å². The molecule has 12 heteroatoms. The van der Waals surface area contributed by atoms with Crippen LogP contribution in [0.2, 0.25) is 0 Å². The van der Waals surface area contributed by atoms with Crippen LogP contribution < -0.4 is 19.7 Å². The number of hydrogen-bond acceptors (Lipinski definition) is 7. The third-order valence-electron chi connectivity index (χ3n) is 7.77. The first-order valence-electron chi connectivity index (χ1n) is 13.7. The minimum Gasteiger partial charge on any atom is -0.494 e. The fourth-order valence-corrected chi connectivity index (χ4v) is 7.01. The Morgan fingerprint density at radius 1 is 1.05 bits per heavy atom. The average Bonchev–Trinajstić information content (AvgIpc) is 3.53. The number of amides is 2. The molecule has 2 N–H and O–H groups in total. The van der Waals surface area contributed by atoms with Crippen molar-refractivity contribution in [1.29, 1.82) is 0 Å². The fraction of sp³-hybridized carbons (Fsp3) is 0.414. The molecule has 5 rings (SSSR count). The van der Waals surface area contributed by atoms with Gasteiger partial charge in [-0.2, -0.15) is 5.10 Å². The average molecular weight is 581 g/mol. The van der Waals surface area contributed by atoms with Crippen molar-refractivity contribution >= 4 is 33.2 Å². The van der Waals surface area contributed by atoms with Crippen LogP contribution in [-0.4, -0.2) is 74.2 Å². The normalized spacial score (nSPS) is 15.6. The lowest BCUT2D eigenvalue weighted by molar-refractivity contribution is -0.130. The first-order valence-corrected chi connectivity index (χ1v) is 15.1. The topological polar surface area (TPSA) is 131 Å². The quantitative estimate of drug-likeness (QED) is 0.454.